The third-order valence-corrected chi connectivity index (χ3v) is 7.39. The second-order valence-corrected chi connectivity index (χ2v) is 11.3. The van der Waals surface area contributed by atoms with Crippen LogP contribution in [-0.2, 0) is 6.54 Å². The average Bonchev–Trinajstić information content (AvgIpc) is 3.51. The number of anilines is 4. The number of nitrogens with one attached hydrogen (secondary N) is 2. The molecule has 2 heterocycles. The van der Waals surface area contributed by atoms with E-state index in [0.29, 0.717) is 17.1 Å². The van der Waals surface area contributed by atoms with Crippen molar-refractivity contribution in [2.45, 2.75) is 40.3 Å². The van der Waals surface area contributed by atoms with Crippen molar-refractivity contribution in [3.8, 4) is 0 Å². The predicted molar refractivity (Wildman–Crippen MR) is 156 cm³/mol. The number of halogens is 1. The second-order valence-electron chi connectivity index (χ2n) is 10.9. The number of carboxylic acid groups (broad SMARTS) is 1. The van der Waals surface area contributed by atoms with Crippen molar-refractivity contribution in [3.05, 3.63) is 108 Å². The molecule has 0 bridgehead atoms. The Morgan fingerprint density at radius 1 is 1.10 bits per heavy atom. The second kappa shape index (κ2) is 9.94. The number of benzene rings is 2. The zero-order valence-corrected chi connectivity index (χ0v) is 23.3. The third kappa shape index (κ3) is 4.74. The van der Waals surface area contributed by atoms with E-state index in [4.69, 9.17) is 22.6 Å². The van der Waals surface area contributed by atoms with Gasteiger partial charge in [0.15, 0.2) is 5.69 Å². The molecule has 1 aliphatic heterocycles. The van der Waals surface area contributed by atoms with E-state index < -0.39 is 34.2 Å². The Labute approximate surface area is 239 Å². The summed E-state index contributed by atoms with van der Waals surface area (Å²) in [5.74, 6) is -0.527. The Balaban J connectivity index is 1.53. The summed E-state index contributed by atoms with van der Waals surface area (Å²) in [7, 11) is 0. The quantitative estimate of drug-likeness (QED) is 0.176. The molecule has 208 valence electrons. The number of carbonyl (C=O) groups excluding carboxylic acids is 1. The molecule has 41 heavy (non-hydrogen) atoms. The molecule has 0 saturated heterocycles. The molecular formula is C30H25ClN4O6. The van der Waals surface area contributed by atoms with Crippen molar-refractivity contribution in [1.82, 2.24) is 0 Å². The summed E-state index contributed by atoms with van der Waals surface area (Å²) in [6.07, 6.45) is 0. The average molecular weight is 573 g/mol. The Kier molecular flexibility index (Phi) is 6.71. The summed E-state index contributed by atoms with van der Waals surface area (Å²) in [6.45, 7) is 15.0. The summed E-state index contributed by atoms with van der Waals surface area (Å²) in [5, 5.41) is 16.1. The molecule has 1 aliphatic rings. The van der Waals surface area contributed by atoms with Crippen molar-refractivity contribution in [1.29, 1.82) is 0 Å². The number of fused-ring (bicyclic) bond motifs is 1. The topological polar surface area (TPSA) is 133 Å². The van der Waals surface area contributed by atoms with Gasteiger partial charge in [0.25, 0.3) is 16.8 Å². The number of carboxylic acids is 1. The normalized spacial score (nSPS) is 13.7. The van der Waals surface area contributed by atoms with Gasteiger partial charge in [0.2, 0.25) is 0 Å². The van der Waals surface area contributed by atoms with E-state index in [1.807, 2.05) is 39.8 Å². The molecule has 0 spiro atoms. The maximum Gasteiger partial charge on any atom is 0.337 e. The fourth-order valence-electron chi connectivity index (χ4n) is 4.93. The van der Waals surface area contributed by atoms with Gasteiger partial charge in [-0.2, -0.15) is 0 Å². The number of hydrogen-bond donors (Lipinski definition) is 3. The van der Waals surface area contributed by atoms with Crippen LogP contribution in [-0.4, -0.2) is 17.0 Å². The van der Waals surface area contributed by atoms with Crippen molar-refractivity contribution >= 4 is 51.9 Å². The Morgan fingerprint density at radius 2 is 1.80 bits per heavy atom. The number of aromatic carboxylic acids is 1. The van der Waals surface area contributed by atoms with Crippen LogP contribution in [0.2, 0.25) is 5.02 Å². The summed E-state index contributed by atoms with van der Waals surface area (Å²) in [6, 6.07) is 10.2. The maximum atomic E-state index is 13.7. The molecule has 11 heteroatoms. The van der Waals surface area contributed by atoms with Crippen LogP contribution in [0.5, 0.6) is 0 Å². The molecule has 0 fully saturated rings. The molecule has 10 nitrogen and oxygen atoms in total. The van der Waals surface area contributed by atoms with Crippen LogP contribution >= 0.6 is 11.6 Å². The maximum absolute atomic E-state index is 13.7. The molecule has 0 radical (unpaired) electrons. The number of aryl methyl sites for hydroxylation is 1. The first-order chi connectivity index (χ1) is 19.3. The Bertz CT molecular complexity index is 1850. The van der Waals surface area contributed by atoms with E-state index in [1.54, 1.807) is 6.07 Å². The minimum absolute atomic E-state index is 0.00970. The Morgan fingerprint density at radius 3 is 2.41 bits per heavy atom. The fourth-order valence-corrected chi connectivity index (χ4v) is 5.15. The van der Waals surface area contributed by atoms with E-state index in [0.717, 1.165) is 0 Å². The SMILES string of the molecule is [C-]#[N+]c1ccc(C(=O)O)c(N2Cc3c(Cl)ccc(Nc4c(N[C@@H](c5ccc(C)o5)C(C)(C)C)c(=O)c4=O)c3C2=O)c1. The smallest absolute Gasteiger partial charge is 0.337 e. The number of furan rings is 1. The van der Waals surface area contributed by atoms with Crippen LogP contribution in [0.1, 0.15) is 64.6 Å². The number of rotatable bonds is 7. The van der Waals surface area contributed by atoms with Crippen LogP contribution in [0.25, 0.3) is 4.85 Å². The van der Waals surface area contributed by atoms with Gasteiger partial charge in [0.05, 0.1) is 36.0 Å². The summed E-state index contributed by atoms with van der Waals surface area (Å²) < 4.78 is 5.81. The highest BCUT2D eigenvalue weighted by Gasteiger charge is 2.37. The van der Waals surface area contributed by atoms with Gasteiger partial charge < -0.3 is 25.1 Å². The van der Waals surface area contributed by atoms with Crippen molar-refractivity contribution in [3.63, 3.8) is 0 Å². The lowest BCUT2D eigenvalue weighted by molar-refractivity contribution is 0.0697. The monoisotopic (exact) mass is 572 g/mol. The third-order valence-electron chi connectivity index (χ3n) is 7.03. The molecule has 0 unspecified atom stereocenters. The van der Waals surface area contributed by atoms with E-state index >= 15 is 0 Å². The van der Waals surface area contributed by atoms with Gasteiger partial charge in [-0.25, -0.2) is 9.64 Å². The highest BCUT2D eigenvalue weighted by molar-refractivity contribution is 6.33. The molecule has 1 aromatic heterocycles. The molecule has 1 amide bonds. The first kappa shape index (κ1) is 27.7. The summed E-state index contributed by atoms with van der Waals surface area (Å²) >= 11 is 6.45. The fraction of sp³-hybridized carbons (Fsp3) is 0.233. The summed E-state index contributed by atoms with van der Waals surface area (Å²) in [4.78, 5) is 55.6. The van der Waals surface area contributed by atoms with Gasteiger partial charge in [-0.15, -0.1) is 0 Å². The first-order valence-corrected chi connectivity index (χ1v) is 13.0. The number of carbonyl (C=O) groups is 2. The van der Waals surface area contributed by atoms with Crippen LogP contribution in [0, 0.1) is 18.9 Å². The van der Waals surface area contributed by atoms with Crippen LogP contribution in [0.15, 0.2) is 56.5 Å². The molecule has 0 aliphatic carbocycles. The van der Waals surface area contributed by atoms with E-state index in [1.165, 1.54) is 29.2 Å². The zero-order valence-electron chi connectivity index (χ0n) is 22.6. The highest BCUT2D eigenvalue weighted by Crippen LogP contribution is 2.41. The minimum atomic E-state index is -1.26. The minimum Gasteiger partial charge on any atom is -0.478 e. The number of amides is 1. The number of nitrogens with zero attached hydrogens (tertiary/aromatic N) is 2. The zero-order chi connectivity index (χ0) is 29.8. The van der Waals surface area contributed by atoms with E-state index in [9.17, 15) is 24.3 Å². The molecule has 5 rings (SSSR count). The lowest BCUT2D eigenvalue weighted by Crippen LogP contribution is -2.39. The van der Waals surface area contributed by atoms with Crippen molar-refractivity contribution in [2.24, 2.45) is 5.41 Å². The lowest BCUT2D eigenvalue weighted by Gasteiger charge is -2.31. The van der Waals surface area contributed by atoms with Gasteiger partial charge >= 0.3 is 5.97 Å². The standard InChI is InChI=1S/C30H25ClN4O6/c1-14-6-11-21(41-14)27(30(2,3)4)34-24-23(25(36)26(24)37)33-19-10-9-18(31)17-13-35(28(38)22(17)19)20-12-15(32-5)7-8-16(20)29(39)40/h6-12,27,33-34H,13H2,1-4H3,(H,39,40)/t27-/m0/s1. The molecular weight excluding hydrogens is 548 g/mol. The molecule has 0 saturated carbocycles. The molecule has 4 aromatic rings. The van der Waals surface area contributed by atoms with Gasteiger partial charge in [0, 0.05) is 16.3 Å². The van der Waals surface area contributed by atoms with Gasteiger partial charge in [0.1, 0.15) is 22.9 Å². The van der Waals surface area contributed by atoms with Crippen LogP contribution < -0.4 is 26.4 Å². The van der Waals surface area contributed by atoms with Gasteiger partial charge in [-0.3, -0.25) is 14.4 Å². The molecule has 1 atom stereocenters. The van der Waals surface area contributed by atoms with Crippen molar-refractivity contribution in [2.75, 3.05) is 15.5 Å². The van der Waals surface area contributed by atoms with E-state index in [2.05, 4.69) is 15.5 Å². The van der Waals surface area contributed by atoms with Crippen LogP contribution in [0.4, 0.5) is 28.4 Å². The Hall–Kier alpha value is -4.88. The molecule has 3 aromatic carbocycles. The van der Waals surface area contributed by atoms with Gasteiger partial charge in [-0.1, -0.05) is 44.5 Å². The van der Waals surface area contributed by atoms with E-state index in [-0.39, 0.29) is 51.1 Å². The van der Waals surface area contributed by atoms with Crippen LogP contribution in [0.3, 0.4) is 0 Å². The number of hydrogen-bond acceptors (Lipinski definition) is 7. The predicted octanol–water partition coefficient (Wildman–Crippen LogP) is 6.19. The summed E-state index contributed by atoms with van der Waals surface area (Å²) in [5.41, 5.74) is -0.965. The molecule has 3 N–H and O–H groups in total. The highest BCUT2D eigenvalue weighted by atomic mass is 35.5. The first-order valence-electron chi connectivity index (χ1n) is 12.6. The lowest BCUT2D eigenvalue weighted by atomic mass is 9.85. The van der Waals surface area contributed by atoms with Crippen molar-refractivity contribution < 1.29 is 19.1 Å². The largest absolute Gasteiger partial charge is 0.478 e. The van der Waals surface area contributed by atoms with Gasteiger partial charge in [-0.05, 0) is 42.7 Å².